The number of hydrogen-bond donors (Lipinski definition) is 1. The van der Waals surface area contributed by atoms with Crippen molar-refractivity contribution in [2.75, 3.05) is 0 Å². The Morgan fingerprint density at radius 2 is 1.29 bits per heavy atom. The molecule has 0 amide bonds. The standard InChI is InChI=1S/C12H23NO4/c13-10(7-5-9-12(16)17)6-3-1-2-4-8-11(14)15/h10H,1-9,13H2,(H,14,15)(H,16,17)/p-1/t10-/m0/s1. The van der Waals surface area contributed by atoms with E-state index in [1.807, 2.05) is 0 Å². The number of unbranched alkanes of at least 4 members (excludes halogenated alkanes) is 3. The topological polar surface area (TPSA) is 108 Å². The van der Waals surface area contributed by atoms with Crippen molar-refractivity contribution in [3.63, 3.8) is 0 Å². The monoisotopic (exact) mass is 244 g/mol. The molecule has 0 unspecified atom stereocenters. The van der Waals surface area contributed by atoms with E-state index in [1.165, 1.54) is 0 Å². The Balaban J connectivity index is 3.24. The summed E-state index contributed by atoms with van der Waals surface area (Å²) in [5, 5.41) is 20.3. The summed E-state index contributed by atoms with van der Waals surface area (Å²) in [5.74, 6) is -1.98. The first-order valence-electron chi connectivity index (χ1n) is 6.25. The van der Waals surface area contributed by atoms with Crippen molar-refractivity contribution in [3.05, 3.63) is 0 Å². The van der Waals surface area contributed by atoms with Crippen molar-refractivity contribution < 1.29 is 25.5 Å². The Morgan fingerprint density at radius 1 is 0.824 bits per heavy atom. The molecular weight excluding hydrogens is 222 g/mol. The normalized spacial score (nSPS) is 12.3. The first-order chi connectivity index (χ1) is 8.02. The van der Waals surface area contributed by atoms with Gasteiger partial charge in [0.1, 0.15) is 0 Å². The van der Waals surface area contributed by atoms with Gasteiger partial charge in [-0.3, -0.25) is 0 Å². The van der Waals surface area contributed by atoms with E-state index in [4.69, 9.17) is 0 Å². The van der Waals surface area contributed by atoms with E-state index in [2.05, 4.69) is 5.73 Å². The molecule has 5 heteroatoms. The van der Waals surface area contributed by atoms with Crippen LogP contribution in [0.1, 0.15) is 57.8 Å². The van der Waals surface area contributed by atoms with Crippen LogP contribution in [0, 0.1) is 0 Å². The Bertz CT molecular complexity index is 231. The van der Waals surface area contributed by atoms with Crippen LogP contribution in [0.4, 0.5) is 0 Å². The maximum absolute atomic E-state index is 10.2. The molecule has 0 spiro atoms. The second-order valence-corrected chi connectivity index (χ2v) is 4.46. The molecule has 0 saturated heterocycles. The molecule has 0 aromatic carbocycles. The zero-order valence-electron chi connectivity index (χ0n) is 10.3. The molecule has 0 radical (unpaired) electrons. The smallest absolute Gasteiger partial charge is 0.0843 e. The molecule has 0 rings (SSSR count). The highest BCUT2D eigenvalue weighted by atomic mass is 16.4. The fourth-order valence-electron chi connectivity index (χ4n) is 1.74. The number of hydrogen-bond acceptors (Lipinski definition) is 4. The molecular formula is C12H22NO4-. The van der Waals surface area contributed by atoms with Gasteiger partial charge in [-0.25, -0.2) is 0 Å². The number of rotatable bonds is 11. The lowest BCUT2D eigenvalue weighted by molar-refractivity contribution is -0.423. The van der Waals surface area contributed by atoms with Gasteiger partial charge in [-0.2, -0.15) is 0 Å². The minimum atomic E-state index is -1.00. The van der Waals surface area contributed by atoms with Crippen LogP contribution in [0.15, 0.2) is 0 Å². The van der Waals surface area contributed by atoms with Crippen molar-refractivity contribution in [1.82, 2.24) is 0 Å². The highest BCUT2D eigenvalue weighted by molar-refractivity contribution is 5.64. The predicted octanol–water partition coefficient (Wildman–Crippen LogP) is -1.39. The lowest BCUT2D eigenvalue weighted by Crippen LogP contribution is -2.60. The quantitative estimate of drug-likeness (QED) is 0.451. The number of quaternary nitrogens is 1. The summed E-state index contributed by atoms with van der Waals surface area (Å²) in [6.07, 6.45) is 6.25. The van der Waals surface area contributed by atoms with E-state index < -0.39 is 11.9 Å². The van der Waals surface area contributed by atoms with Gasteiger partial charge in [0.2, 0.25) is 0 Å². The summed E-state index contributed by atoms with van der Waals surface area (Å²) in [6, 6.07) is 0.287. The van der Waals surface area contributed by atoms with Crippen molar-refractivity contribution in [2.45, 2.75) is 63.8 Å². The average Bonchev–Trinajstić information content (AvgIpc) is 2.22. The lowest BCUT2D eigenvalue weighted by Gasteiger charge is -2.08. The first-order valence-corrected chi connectivity index (χ1v) is 6.25. The van der Waals surface area contributed by atoms with E-state index in [1.54, 1.807) is 0 Å². The average molecular weight is 244 g/mol. The maximum Gasteiger partial charge on any atom is 0.0843 e. The molecule has 0 aromatic heterocycles. The maximum atomic E-state index is 10.2. The van der Waals surface area contributed by atoms with Crippen molar-refractivity contribution in [2.24, 2.45) is 0 Å². The number of carbonyl (C=O) groups excluding carboxylic acids is 2. The third-order valence-electron chi connectivity index (χ3n) is 2.74. The zero-order chi connectivity index (χ0) is 13.1. The highest BCUT2D eigenvalue weighted by Gasteiger charge is 2.05. The SMILES string of the molecule is [NH3+][C@@H](CCCCCCC(=O)[O-])CCCC(=O)[O-]. The molecule has 17 heavy (non-hydrogen) atoms. The third kappa shape index (κ3) is 12.8. The zero-order valence-corrected chi connectivity index (χ0v) is 10.3. The Morgan fingerprint density at radius 3 is 1.88 bits per heavy atom. The van der Waals surface area contributed by atoms with Gasteiger partial charge in [-0.15, -0.1) is 0 Å². The van der Waals surface area contributed by atoms with E-state index in [9.17, 15) is 19.8 Å². The van der Waals surface area contributed by atoms with Crippen LogP contribution in [0.3, 0.4) is 0 Å². The predicted molar refractivity (Wildman–Crippen MR) is 58.2 cm³/mol. The summed E-state index contributed by atoms with van der Waals surface area (Å²) in [7, 11) is 0. The summed E-state index contributed by atoms with van der Waals surface area (Å²) < 4.78 is 0. The van der Waals surface area contributed by atoms with Crippen LogP contribution in [-0.4, -0.2) is 18.0 Å². The number of carbonyl (C=O) groups is 2. The number of carboxylic acid groups (broad SMARTS) is 2. The summed E-state index contributed by atoms with van der Waals surface area (Å²) in [5.41, 5.74) is 3.96. The van der Waals surface area contributed by atoms with Gasteiger partial charge in [0.25, 0.3) is 0 Å². The van der Waals surface area contributed by atoms with Crippen LogP contribution >= 0.6 is 0 Å². The van der Waals surface area contributed by atoms with Crippen LogP contribution < -0.4 is 15.9 Å². The molecule has 0 aromatic rings. The molecule has 3 N–H and O–H groups in total. The fraction of sp³-hybridized carbons (Fsp3) is 0.833. The molecule has 0 saturated carbocycles. The molecule has 0 aliphatic rings. The van der Waals surface area contributed by atoms with Gasteiger partial charge in [0, 0.05) is 11.9 Å². The van der Waals surface area contributed by atoms with E-state index in [0.29, 0.717) is 12.8 Å². The number of aliphatic carboxylic acids is 2. The fourth-order valence-corrected chi connectivity index (χ4v) is 1.74. The van der Waals surface area contributed by atoms with Crippen LogP contribution in [0.5, 0.6) is 0 Å². The van der Waals surface area contributed by atoms with Crippen molar-refractivity contribution in [1.29, 1.82) is 0 Å². The minimum absolute atomic E-state index is 0.109. The van der Waals surface area contributed by atoms with Crippen LogP contribution in [-0.2, 0) is 9.59 Å². The van der Waals surface area contributed by atoms with Gasteiger partial charge in [-0.05, 0) is 44.9 Å². The summed E-state index contributed by atoms with van der Waals surface area (Å²) in [6.45, 7) is 0. The van der Waals surface area contributed by atoms with Crippen molar-refractivity contribution >= 4 is 11.9 Å². The summed E-state index contributed by atoms with van der Waals surface area (Å²) in [4.78, 5) is 20.3. The highest BCUT2D eigenvalue weighted by Crippen LogP contribution is 2.08. The molecule has 100 valence electrons. The summed E-state index contributed by atoms with van der Waals surface area (Å²) >= 11 is 0. The van der Waals surface area contributed by atoms with E-state index in [0.717, 1.165) is 32.1 Å². The first kappa shape index (κ1) is 15.9. The van der Waals surface area contributed by atoms with Crippen LogP contribution in [0.2, 0.25) is 0 Å². The van der Waals surface area contributed by atoms with Gasteiger partial charge in [-0.1, -0.05) is 12.8 Å². The Kier molecular flexibility index (Phi) is 9.43. The van der Waals surface area contributed by atoms with E-state index >= 15 is 0 Å². The van der Waals surface area contributed by atoms with E-state index in [-0.39, 0.29) is 18.9 Å². The molecule has 1 atom stereocenters. The second kappa shape index (κ2) is 10.1. The number of carboxylic acids is 2. The van der Waals surface area contributed by atoms with Gasteiger partial charge in [0.05, 0.1) is 6.04 Å². The Labute approximate surface area is 102 Å². The molecule has 0 heterocycles. The second-order valence-electron chi connectivity index (χ2n) is 4.46. The van der Waals surface area contributed by atoms with Crippen LogP contribution in [0.25, 0.3) is 0 Å². The molecule has 0 bridgehead atoms. The van der Waals surface area contributed by atoms with Gasteiger partial charge in [0.15, 0.2) is 0 Å². The van der Waals surface area contributed by atoms with Crippen molar-refractivity contribution in [3.8, 4) is 0 Å². The largest absolute Gasteiger partial charge is 0.550 e. The molecule has 0 aliphatic carbocycles. The van der Waals surface area contributed by atoms with Gasteiger partial charge < -0.3 is 25.5 Å². The third-order valence-corrected chi connectivity index (χ3v) is 2.74. The molecule has 0 aliphatic heterocycles. The molecule has 5 nitrogen and oxygen atoms in total. The minimum Gasteiger partial charge on any atom is -0.550 e. The molecule has 0 fully saturated rings. The Hall–Kier alpha value is -1.10. The lowest BCUT2D eigenvalue weighted by atomic mass is 10.0. The van der Waals surface area contributed by atoms with Gasteiger partial charge >= 0.3 is 0 Å².